The smallest absolute Gasteiger partial charge is 0.227 e. The van der Waals surface area contributed by atoms with Gasteiger partial charge >= 0.3 is 0 Å². The molecule has 0 aromatic heterocycles. The first-order valence-corrected chi connectivity index (χ1v) is 10.8. The van der Waals surface area contributed by atoms with E-state index in [0.717, 1.165) is 17.2 Å². The molecule has 5 nitrogen and oxygen atoms in total. The molecule has 1 unspecified atom stereocenters. The van der Waals surface area contributed by atoms with Crippen LogP contribution >= 0.6 is 0 Å². The standard InChI is InChI=1S/C25H31F2N2O3/c1-24(2,23(28)31)18-4-3-5-19(14-18)25(8-10-32-11-9-25)29-16-22(30)7-6-17-12-20(26)15-21(27)13-17/h3-5,7,12-15,22,29-30H,6,8-11,16H2,1-2H3,(H2,28,31). The van der Waals surface area contributed by atoms with Crippen molar-refractivity contribution in [2.45, 2.75) is 50.2 Å². The topological polar surface area (TPSA) is 84.6 Å². The Bertz CT molecular complexity index is 922. The Morgan fingerprint density at radius 1 is 1.22 bits per heavy atom. The number of rotatable bonds is 9. The number of nitrogens with two attached hydrogens (primary N) is 1. The number of carbonyl (C=O) groups is 1. The van der Waals surface area contributed by atoms with E-state index in [-0.39, 0.29) is 13.0 Å². The first-order chi connectivity index (χ1) is 15.1. The number of aliphatic hydroxyl groups excluding tert-OH is 1. The van der Waals surface area contributed by atoms with Crippen molar-refractivity contribution in [2.75, 3.05) is 19.8 Å². The fourth-order valence-electron chi connectivity index (χ4n) is 4.02. The number of hydrogen-bond acceptors (Lipinski definition) is 4. The minimum atomic E-state index is -0.814. The van der Waals surface area contributed by atoms with Crippen LogP contribution in [0.25, 0.3) is 0 Å². The number of ether oxygens (including phenoxy) is 1. The van der Waals surface area contributed by atoms with Gasteiger partial charge in [-0.05, 0) is 68.4 Å². The zero-order valence-electron chi connectivity index (χ0n) is 18.5. The van der Waals surface area contributed by atoms with Crippen LogP contribution in [0.5, 0.6) is 0 Å². The van der Waals surface area contributed by atoms with Crippen LogP contribution in [0.15, 0.2) is 42.5 Å². The van der Waals surface area contributed by atoms with E-state index >= 15 is 0 Å². The molecule has 1 heterocycles. The largest absolute Gasteiger partial charge is 0.391 e. The van der Waals surface area contributed by atoms with Crippen molar-refractivity contribution < 1.29 is 23.4 Å². The number of amides is 1. The van der Waals surface area contributed by atoms with Crippen molar-refractivity contribution in [3.63, 3.8) is 0 Å². The van der Waals surface area contributed by atoms with Crippen LogP contribution in [0.1, 0.15) is 43.4 Å². The molecule has 7 heteroatoms. The first-order valence-electron chi connectivity index (χ1n) is 10.8. The Balaban J connectivity index is 1.72. The van der Waals surface area contributed by atoms with Crippen LogP contribution in [-0.2, 0) is 26.9 Å². The fraction of sp³-hybridized carbons (Fsp3) is 0.440. The number of hydrogen-bond donors (Lipinski definition) is 3. The Kier molecular flexibility index (Phi) is 7.64. The summed E-state index contributed by atoms with van der Waals surface area (Å²) in [5.41, 5.74) is 6.66. The lowest BCUT2D eigenvalue weighted by Gasteiger charge is -2.40. The summed E-state index contributed by atoms with van der Waals surface area (Å²) in [6.07, 6.45) is 2.47. The number of halogens is 2. The van der Waals surface area contributed by atoms with E-state index in [1.165, 1.54) is 12.1 Å². The molecule has 32 heavy (non-hydrogen) atoms. The van der Waals surface area contributed by atoms with Gasteiger partial charge in [-0.15, -0.1) is 0 Å². The molecule has 2 aromatic rings. The average Bonchev–Trinajstić information content (AvgIpc) is 2.76. The molecule has 0 spiro atoms. The summed E-state index contributed by atoms with van der Waals surface area (Å²) in [7, 11) is 0. The maximum atomic E-state index is 13.4. The van der Waals surface area contributed by atoms with Gasteiger partial charge in [-0.2, -0.15) is 0 Å². The molecule has 1 amide bonds. The predicted molar refractivity (Wildman–Crippen MR) is 119 cm³/mol. The molecule has 1 aliphatic heterocycles. The highest BCUT2D eigenvalue weighted by Gasteiger charge is 2.36. The molecule has 3 rings (SSSR count). The summed E-state index contributed by atoms with van der Waals surface area (Å²) in [6.45, 7) is 5.00. The Hall–Kier alpha value is -2.35. The third-order valence-corrected chi connectivity index (χ3v) is 6.30. The minimum absolute atomic E-state index is 0.246. The van der Waals surface area contributed by atoms with Gasteiger partial charge < -0.3 is 20.9 Å². The molecule has 0 aliphatic carbocycles. The number of aliphatic hydroxyl groups is 1. The molecule has 0 bridgehead atoms. The van der Waals surface area contributed by atoms with Gasteiger partial charge in [-0.1, -0.05) is 24.3 Å². The first kappa shape index (κ1) is 24.3. The molecule has 2 aromatic carbocycles. The van der Waals surface area contributed by atoms with Crippen LogP contribution in [0.3, 0.4) is 0 Å². The van der Waals surface area contributed by atoms with E-state index < -0.39 is 34.6 Å². The highest BCUT2D eigenvalue weighted by molar-refractivity contribution is 5.85. The Morgan fingerprint density at radius 3 is 2.50 bits per heavy atom. The van der Waals surface area contributed by atoms with Gasteiger partial charge in [0, 0.05) is 31.4 Å². The molecule has 0 saturated carbocycles. The Labute approximate surface area is 188 Å². The zero-order valence-corrected chi connectivity index (χ0v) is 18.5. The summed E-state index contributed by atoms with van der Waals surface area (Å²) in [5, 5.41) is 14.0. The van der Waals surface area contributed by atoms with Crippen LogP contribution in [0, 0.1) is 18.1 Å². The van der Waals surface area contributed by atoms with Gasteiger partial charge in [-0.3, -0.25) is 4.79 Å². The molecule has 1 saturated heterocycles. The Morgan fingerprint density at radius 2 is 1.88 bits per heavy atom. The van der Waals surface area contributed by atoms with E-state index in [2.05, 4.69) is 5.32 Å². The minimum Gasteiger partial charge on any atom is -0.391 e. The normalized spacial score (nSPS) is 17.2. The van der Waals surface area contributed by atoms with Crippen LogP contribution < -0.4 is 11.1 Å². The molecule has 4 N–H and O–H groups in total. The summed E-state index contributed by atoms with van der Waals surface area (Å²) < 4.78 is 32.3. The molecular weight excluding hydrogens is 414 g/mol. The highest BCUT2D eigenvalue weighted by Crippen LogP contribution is 2.35. The molecule has 1 radical (unpaired) electrons. The lowest BCUT2D eigenvalue weighted by Crippen LogP contribution is -2.49. The average molecular weight is 446 g/mol. The van der Waals surface area contributed by atoms with Crippen LogP contribution in [0.4, 0.5) is 8.78 Å². The van der Waals surface area contributed by atoms with E-state index in [1.54, 1.807) is 20.3 Å². The SMILES string of the molecule is CC(C)(C(N)=O)c1cccc(C2(NCC(O)[CH]Cc3cc(F)cc(F)c3)CCOCC2)c1. The second-order valence-electron chi connectivity index (χ2n) is 8.93. The van der Waals surface area contributed by atoms with Crippen LogP contribution in [0.2, 0.25) is 0 Å². The second kappa shape index (κ2) is 10.1. The predicted octanol–water partition coefficient (Wildman–Crippen LogP) is 3.13. The van der Waals surface area contributed by atoms with Gasteiger partial charge in [0.1, 0.15) is 11.6 Å². The number of nitrogens with one attached hydrogen (secondary N) is 1. The zero-order chi connectivity index (χ0) is 23.4. The maximum absolute atomic E-state index is 13.4. The van der Waals surface area contributed by atoms with Crippen molar-refractivity contribution >= 4 is 5.91 Å². The van der Waals surface area contributed by atoms with Gasteiger partial charge in [-0.25, -0.2) is 8.78 Å². The molecule has 1 aliphatic rings. The maximum Gasteiger partial charge on any atom is 0.227 e. The third kappa shape index (κ3) is 5.71. The van der Waals surface area contributed by atoms with E-state index in [4.69, 9.17) is 10.5 Å². The van der Waals surface area contributed by atoms with E-state index in [1.807, 2.05) is 24.3 Å². The molecule has 1 atom stereocenters. The van der Waals surface area contributed by atoms with Crippen molar-refractivity contribution in [1.29, 1.82) is 0 Å². The number of benzene rings is 2. The quantitative estimate of drug-likeness (QED) is 0.554. The van der Waals surface area contributed by atoms with Gasteiger partial charge in [0.2, 0.25) is 5.91 Å². The molecule has 1 fully saturated rings. The van der Waals surface area contributed by atoms with Crippen molar-refractivity contribution in [3.05, 3.63) is 77.2 Å². The second-order valence-corrected chi connectivity index (χ2v) is 8.93. The van der Waals surface area contributed by atoms with Crippen LogP contribution in [-0.4, -0.2) is 36.9 Å². The third-order valence-electron chi connectivity index (χ3n) is 6.30. The van der Waals surface area contributed by atoms with E-state index in [0.29, 0.717) is 31.6 Å². The lowest BCUT2D eigenvalue weighted by atomic mass is 9.77. The lowest BCUT2D eigenvalue weighted by molar-refractivity contribution is -0.122. The van der Waals surface area contributed by atoms with E-state index in [9.17, 15) is 18.7 Å². The summed E-state index contributed by atoms with van der Waals surface area (Å²) in [6, 6.07) is 11.1. The van der Waals surface area contributed by atoms with Gasteiger partial charge in [0.15, 0.2) is 0 Å². The fourth-order valence-corrected chi connectivity index (χ4v) is 4.02. The summed E-state index contributed by atoms with van der Waals surface area (Å²) in [5.74, 6) is -1.68. The number of primary amides is 1. The van der Waals surface area contributed by atoms with Gasteiger partial charge in [0.05, 0.1) is 11.5 Å². The summed E-state index contributed by atoms with van der Waals surface area (Å²) >= 11 is 0. The monoisotopic (exact) mass is 445 g/mol. The van der Waals surface area contributed by atoms with Gasteiger partial charge in [0.25, 0.3) is 0 Å². The van der Waals surface area contributed by atoms with Crippen molar-refractivity contribution in [3.8, 4) is 0 Å². The molecular formula is C25H31F2N2O3. The van der Waals surface area contributed by atoms with Crippen molar-refractivity contribution in [1.82, 2.24) is 5.32 Å². The molecule has 173 valence electrons. The summed E-state index contributed by atoms with van der Waals surface area (Å²) in [4.78, 5) is 11.9. The van der Waals surface area contributed by atoms with Crippen molar-refractivity contribution in [2.24, 2.45) is 5.73 Å². The highest BCUT2D eigenvalue weighted by atomic mass is 19.1. The number of carbonyl (C=O) groups excluding carboxylic acids is 1.